The fourth-order valence-electron chi connectivity index (χ4n) is 6.99. The van der Waals surface area contributed by atoms with E-state index in [1.807, 2.05) is 18.2 Å². The van der Waals surface area contributed by atoms with Crippen LogP contribution >= 0.6 is 0 Å². The highest BCUT2D eigenvalue weighted by molar-refractivity contribution is 7.90. The molecule has 0 bridgehead atoms. The van der Waals surface area contributed by atoms with Crippen LogP contribution in [-0.2, 0) is 14.8 Å². The molecule has 2 heterocycles. The molecule has 0 spiro atoms. The lowest BCUT2D eigenvalue weighted by atomic mass is 9.78. The largest absolute Gasteiger partial charge is 0.386 e. The van der Waals surface area contributed by atoms with Crippen molar-refractivity contribution in [2.24, 2.45) is 11.1 Å². The first kappa shape index (κ1) is 31.7. The normalized spacial score (nSPS) is 27.8. The van der Waals surface area contributed by atoms with Gasteiger partial charge in [-0.05, 0) is 67.2 Å². The number of ether oxygens (including phenoxy) is 1. The highest BCUT2D eigenvalue weighted by Crippen LogP contribution is 2.55. The lowest BCUT2D eigenvalue weighted by Crippen LogP contribution is -2.47. The molecule has 1 aliphatic heterocycles. The molecule has 4 N–H and O–H groups in total. The number of sulfonamides is 1. The third-order valence-electron chi connectivity index (χ3n) is 9.47. The molecule has 0 radical (unpaired) electrons. The quantitative estimate of drug-likeness (QED) is 0.330. The van der Waals surface area contributed by atoms with E-state index in [0.717, 1.165) is 43.9 Å². The Morgan fingerprint density at radius 2 is 1.93 bits per heavy atom. The van der Waals surface area contributed by atoms with Crippen molar-refractivity contribution < 1.29 is 27.0 Å². The van der Waals surface area contributed by atoms with Gasteiger partial charge in [-0.1, -0.05) is 42.5 Å². The Kier molecular flexibility index (Phi) is 8.32. The Morgan fingerprint density at radius 1 is 1.20 bits per heavy atom. The second-order valence-corrected chi connectivity index (χ2v) is 14.6. The minimum absolute atomic E-state index is 0.0299. The number of alkyl halides is 2. The molecular formula is C33H39F2N5O4S. The number of aliphatic hydroxyl groups excluding tert-OH is 1. The van der Waals surface area contributed by atoms with E-state index in [1.54, 1.807) is 37.6 Å². The Bertz CT molecular complexity index is 1760. The average Bonchev–Trinajstić information content (AvgIpc) is 3.27. The summed E-state index contributed by atoms with van der Waals surface area (Å²) in [5.74, 6) is -2.29. The lowest BCUT2D eigenvalue weighted by molar-refractivity contribution is -0.0119. The van der Waals surface area contributed by atoms with E-state index in [1.165, 1.54) is 12.2 Å². The molecular weight excluding hydrogens is 600 g/mol. The van der Waals surface area contributed by atoms with Gasteiger partial charge >= 0.3 is 0 Å². The van der Waals surface area contributed by atoms with Crippen LogP contribution in [0.5, 0.6) is 0 Å². The first-order valence-electron chi connectivity index (χ1n) is 15.1. The molecule has 9 nitrogen and oxygen atoms in total. The van der Waals surface area contributed by atoms with Crippen LogP contribution < -0.4 is 10.5 Å². The van der Waals surface area contributed by atoms with Crippen LogP contribution in [0.15, 0.2) is 72.5 Å². The molecule has 240 valence electrons. The predicted octanol–water partition coefficient (Wildman–Crippen LogP) is 4.46. The van der Waals surface area contributed by atoms with Crippen LogP contribution in [0, 0.1) is 5.92 Å². The number of allylic oxidation sites excluding steroid dienone is 2. The Hall–Kier alpha value is -3.29. The molecule has 1 saturated heterocycles. The maximum atomic E-state index is 16.2. The van der Waals surface area contributed by atoms with Gasteiger partial charge in [0.05, 0.1) is 11.1 Å². The van der Waals surface area contributed by atoms with Crippen LogP contribution in [0.25, 0.3) is 22.0 Å². The van der Waals surface area contributed by atoms with Crippen molar-refractivity contribution in [3.8, 4) is 11.1 Å². The molecule has 1 saturated carbocycles. The van der Waals surface area contributed by atoms with E-state index < -0.39 is 39.1 Å². The number of methoxy groups -OCH3 is 1. The van der Waals surface area contributed by atoms with Gasteiger partial charge < -0.3 is 20.1 Å². The third kappa shape index (κ3) is 5.90. The minimum atomic E-state index is -4.80. The van der Waals surface area contributed by atoms with Gasteiger partial charge in [0.2, 0.25) is 21.0 Å². The lowest BCUT2D eigenvalue weighted by Gasteiger charge is -2.36. The van der Waals surface area contributed by atoms with Crippen LogP contribution in [0.3, 0.4) is 0 Å². The first-order valence-corrected chi connectivity index (χ1v) is 16.7. The van der Waals surface area contributed by atoms with Crippen molar-refractivity contribution in [3.05, 3.63) is 78.0 Å². The van der Waals surface area contributed by atoms with Crippen LogP contribution in [0.4, 0.5) is 14.7 Å². The predicted molar refractivity (Wildman–Crippen MR) is 170 cm³/mol. The van der Waals surface area contributed by atoms with Crippen molar-refractivity contribution in [2.45, 2.75) is 61.5 Å². The molecule has 45 heavy (non-hydrogen) atoms. The van der Waals surface area contributed by atoms with Gasteiger partial charge in [0.15, 0.2) is 0 Å². The van der Waals surface area contributed by atoms with Gasteiger partial charge in [0.1, 0.15) is 12.3 Å². The number of aliphatic hydroxyl groups is 1. The summed E-state index contributed by atoms with van der Waals surface area (Å²) >= 11 is 0. The van der Waals surface area contributed by atoms with Crippen LogP contribution in [0.2, 0.25) is 0 Å². The van der Waals surface area contributed by atoms with Gasteiger partial charge in [0.25, 0.3) is 0 Å². The Balaban J connectivity index is 1.25. The Labute approximate surface area is 262 Å². The van der Waals surface area contributed by atoms with Crippen molar-refractivity contribution in [2.75, 3.05) is 32.1 Å². The summed E-state index contributed by atoms with van der Waals surface area (Å²) in [6.07, 6.45) is 3.40. The number of benzene rings is 2. The van der Waals surface area contributed by atoms with E-state index in [4.69, 9.17) is 14.9 Å². The number of piperidine rings is 1. The standard InChI is InChI=1S/C33H39F2N5O4S/c1-32(2,44-3)19-40-15-12-22(13-16-40)38-31-37-18-21-17-20(10-11-26(21)39-31)23-7-4-5-8-24(23)27-28-25(30(41)29(27)34)9-6-14-33(28,35)45(36,42)43/h4-11,14,17-18,22,27-30,41H,12-13,15-16,19H2,1-3H3,(H2,36,42,43)(H,37,38,39). The van der Waals surface area contributed by atoms with E-state index in [2.05, 4.69) is 29.0 Å². The highest BCUT2D eigenvalue weighted by Gasteiger charge is 2.62. The van der Waals surface area contributed by atoms with Crippen LogP contribution in [0.1, 0.15) is 38.2 Å². The van der Waals surface area contributed by atoms with Gasteiger partial charge in [-0.15, -0.1) is 0 Å². The van der Waals surface area contributed by atoms with E-state index in [-0.39, 0.29) is 17.2 Å². The fourth-order valence-corrected chi connectivity index (χ4v) is 7.89. The third-order valence-corrected chi connectivity index (χ3v) is 10.7. The zero-order valence-corrected chi connectivity index (χ0v) is 26.3. The summed E-state index contributed by atoms with van der Waals surface area (Å²) in [4.78, 5) is 11.7. The second-order valence-electron chi connectivity index (χ2n) is 12.9. The number of primary sulfonamides is 1. The highest BCUT2D eigenvalue weighted by atomic mass is 32.2. The number of fused-ring (bicyclic) bond motifs is 2. The van der Waals surface area contributed by atoms with Crippen molar-refractivity contribution in [1.29, 1.82) is 0 Å². The molecule has 0 amide bonds. The molecule has 5 atom stereocenters. The molecule has 6 rings (SSSR count). The average molecular weight is 640 g/mol. The summed E-state index contributed by atoms with van der Waals surface area (Å²) in [7, 11) is -3.06. The number of nitrogens with two attached hydrogens (primary N) is 1. The van der Waals surface area contributed by atoms with Gasteiger partial charge in [-0.25, -0.2) is 32.3 Å². The van der Waals surface area contributed by atoms with Crippen molar-refractivity contribution >= 4 is 26.9 Å². The van der Waals surface area contributed by atoms with E-state index >= 15 is 8.78 Å². The number of hydrogen-bond acceptors (Lipinski definition) is 8. The van der Waals surface area contributed by atoms with Crippen molar-refractivity contribution in [1.82, 2.24) is 14.9 Å². The maximum absolute atomic E-state index is 16.2. The minimum Gasteiger partial charge on any atom is -0.386 e. The van der Waals surface area contributed by atoms with E-state index in [9.17, 15) is 13.5 Å². The molecule has 2 aromatic carbocycles. The molecule has 3 aromatic rings. The smallest absolute Gasteiger partial charge is 0.249 e. The zero-order chi connectivity index (χ0) is 32.1. The number of hydrogen-bond donors (Lipinski definition) is 3. The van der Waals surface area contributed by atoms with Crippen molar-refractivity contribution in [3.63, 3.8) is 0 Å². The monoisotopic (exact) mass is 639 g/mol. The Morgan fingerprint density at radius 3 is 2.64 bits per heavy atom. The fraction of sp³-hybridized carbons (Fsp3) is 0.455. The summed E-state index contributed by atoms with van der Waals surface area (Å²) in [5.41, 5.74) is 2.14. The number of nitrogens with zero attached hydrogens (tertiary/aromatic N) is 3. The molecule has 5 unspecified atom stereocenters. The number of aromatic nitrogens is 2. The number of likely N-dealkylation sites (tertiary alicyclic amines) is 1. The maximum Gasteiger partial charge on any atom is 0.249 e. The van der Waals surface area contributed by atoms with Crippen LogP contribution in [-0.4, -0.2) is 84.1 Å². The number of rotatable bonds is 8. The topological polar surface area (TPSA) is 131 Å². The molecule has 2 aliphatic carbocycles. The number of halogens is 2. The van der Waals surface area contributed by atoms with Gasteiger partial charge in [0, 0.05) is 56.2 Å². The molecule has 3 aliphatic rings. The number of nitrogens with one attached hydrogen (secondary N) is 1. The van der Waals surface area contributed by atoms with E-state index in [0.29, 0.717) is 28.2 Å². The summed E-state index contributed by atoms with van der Waals surface area (Å²) in [6.45, 7) is 6.95. The summed E-state index contributed by atoms with van der Waals surface area (Å²) < 4.78 is 62.6. The molecule has 2 fully saturated rings. The molecule has 1 aromatic heterocycles. The second kappa shape index (κ2) is 11.8. The zero-order valence-electron chi connectivity index (χ0n) is 25.5. The SMILES string of the molecule is COC(C)(C)CN1CCC(Nc2ncc3cc(-c4ccccc4C4C(F)C(O)C5=CC=CC(F)(S(N)(=O)=O)C54)ccc3n2)CC1. The summed E-state index contributed by atoms with van der Waals surface area (Å²) in [5, 5.41) is 17.2. The first-order chi connectivity index (χ1) is 21.3. The van der Waals surface area contributed by atoms with Gasteiger partial charge in [-0.3, -0.25) is 0 Å². The van der Waals surface area contributed by atoms with Gasteiger partial charge in [-0.2, -0.15) is 0 Å². The molecule has 12 heteroatoms. The number of anilines is 1. The summed E-state index contributed by atoms with van der Waals surface area (Å²) in [6, 6.07) is 12.7.